The molecule has 1 N–H and O–H groups in total. The molecule has 1 saturated heterocycles. The van der Waals surface area contributed by atoms with Crippen molar-refractivity contribution in [1.29, 1.82) is 0 Å². The van der Waals surface area contributed by atoms with Gasteiger partial charge in [0.2, 0.25) is 0 Å². The second kappa shape index (κ2) is 11.3. The smallest absolute Gasteiger partial charge is 0.267 e. The molecule has 7 nitrogen and oxygen atoms in total. The number of nitrogens with zero attached hydrogens (tertiary/aromatic N) is 3. The predicted molar refractivity (Wildman–Crippen MR) is 146 cm³/mol. The summed E-state index contributed by atoms with van der Waals surface area (Å²) in [6.07, 6.45) is 4.13. The highest BCUT2D eigenvalue weighted by molar-refractivity contribution is 8.26. The number of carbonyl (C=O) groups excluding carboxylic acids is 1. The van der Waals surface area contributed by atoms with Crippen LogP contribution in [0, 0.1) is 0 Å². The van der Waals surface area contributed by atoms with Gasteiger partial charge in [0.05, 0.1) is 23.1 Å². The molecule has 1 aliphatic heterocycles. The lowest BCUT2D eigenvalue weighted by Crippen LogP contribution is -2.27. The Bertz CT molecular complexity index is 1360. The summed E-state index contributed by atoms with van der Waals surface area (Å²) in [5, 5.41) is 3.81. The van der Waals surface area contributed by atoms with Gasteiger partial charge < -0.3 is 10.1 Å². The normalized spacial score (nSPS) is 15.1. The van der Waals surface area contributed by atoms with E-state index in [4.69, 9.17) is 28.6 Å². The molecule has 1 aromatic carbocycles. The van der Waals surface area contributed by atoms with Gasteiger partial charge in [0.25, 0.3) is 11.5 Å². The molecule has 3 aromatic rings. The van der Waals surface area contributed by atoms with Crippen LogP contribution in [0.1, 0.15) is 31.4 Å². The predicted octanol–water partition coefficient (Wildman–Crippen LogP) is 4.98. The van der Waals surface area contributed by atoms with Gasteiger partial charge in [-0.3, -0.25) is 18.9 Å². The number of rotatable bonds is 9. The van der Waals surface area contributed by atoms with E-state index >= 15 is 0 Å². The summed E-state index contributed by atoms with van der Waals surface area (Å²) in [4.78, 5) is 33.1. The Morgan fingerprint density at radius 3 is 2.74 bits per heavy atom. The Labute approximate surface area is 218 Å². The molecular weight excluding hydrogens is 504 g/mol. The maximum atomic E-state index is 13.3. The fourth-order valence-corrected chi connectivity index (χ4v) is 4.96. The lowest BCUT2D eigenvalue weighted by atomic mass is 10.2. The number of aromatic nitrogens is 2. The third-order valence-corrected chi connectivity index (χ3v) is 7.02. The molecule has 0 aliphatic carbocycles. The van der Waals surface area contributed by atoms with Crippen LogP contribution in [-0.2, 0) is 16.1 Å². The maximum Gasteiger partial charge on any atom is 0.267 e. The Balaban J connectivity index is 1.63. The molecule has 0 atom stereocenters. The lowest BCUT2D eigenvalue weighted by Gasteiger charge is -2.15. The summed E-state index contributed by atoms with van der Waals surface area (Å²) in [6.45, 7) is 5.39. The molecule has 182 valence electrons. The van der Waals surface area contributed by atoms with Gasteiger partial charge in [0, 0.05) is 24.4 Å². The van der Waals surface area contributed by atoms with Crippen molar-refractivity contribution >= 4 is 63.3 Å². The van der Waals surface area contributed by atoms with Gasteiger partial charge in [-0.25, -0.2) is 4.98 Å². The number of ether oxygens (including phenoxy) is 1. The van der Waals surface area contributed by atoms with Crippen molar-refractivity contribution in [2.45, 2.75) is 32.9 Å². The van der Waals surface area contributed by atoms with Crippen LogP contribution in [0.5, 0.6) is 0 Å². The first-order valence-corrected chi connectivity index (χ1v) is 12.8. The van der Waals surface area contributed by atoms with E-state index in [0.717, 1.165) is 23.7 Å². The van der Waals surface area contributed by atoms with Crippen molar-refractivity contribution in [1.82, 2.24) is 14.3 Å². The number of carbonyl (C=O) groups is 1. The van der Waals surface area contributed by atoms with Gasteiger partial charge in [-0.15, -0.1) is 0 Å². The van der Waals surface area contributed by atoms with Crippen molar-refractivity contribution in [3.63, 3.8) is 0 Å². The summed E-state index contributed by atoms with van der Waals surface area (Å²) in [5.41, 5.74) is 1.34. The summed E-state index contributed by atoms with van der Waals surface area (Å²) < 4.78 is 7.47. The van der Waals surface area contributed by atoms with Crippen LogP contribution in [0.4, 0.5) is 5.82 Å². The average molecular weight is 529 g/mol. The average Bonchev–Trinajstić information content (AvgIpc) is 3.09. The number of fused-ring (bicyclic) bond motifs is 1. The molecule has 1 fully saturated rings. The fourth-order valence-electron chi connectivity index (χ4n) is 3.53. The van der Waals surface area contributed by atoms with E-state index in [-0.39, 0.29) is 24.1 Å². The number of thiocarbonyl (C=S) groups is 1. The van der Waals surface area contributed by atoms with E-state index in [1.54, 1.807) is 30.5 Å². The highest BCUT2D eigenvalue weighted by Gasteiger charge is 2.33. The van der Waals surface area contributed by atoms with E-state index in [1.165, 1.54) is 9.30 Å². The van der Waals surface area contributed by atoms with Crippen LogP contribution in [0.3, 0.4) is 0 Å². The number of hydrogen-bond donors (Lipinski definition) is 1. The molecule has 0 saturated carbocycles. The molecule has 0 unspecified atom stereocenters. The standard InChI is InChI=1S/C25H25ClN4O3S2/c1-16(2)33-13-7-11-27-22-18(23(31)29-12-6-5-10-21(29)28-22)14-20-24(32)30(25(34)35-20)15-17-8-3-4-9-19(17)26/h3-6,8-10,12,14,16,27H,7,11,13,15H2,1-2H3/b20-14-. The molecule has 3 heterocycles. The quantitative estimate of drug-likeness (QED) is 0.238. The summed E-state index contributed by atoms with van der Waals surface area (Å²) in [6, 6.07) is 12.7. The number of pyridine rings is 1. The topological polar surface area (TPSA) is 75.9 Å². The van der Waals surface area contributed by atoms with Gasteiger partial charge in [-0.05, 0) is 50.1 Å². The van der Waals surface area contributed by atoms with Crippen molar-refractivity contribution in [3.8, 4) is 0 Å². The van der Waals surface area contributed by atoms with E-state index in [0.29, 0.717) is 44.4 Å². The molecule has 0 bridgehead atoms. The van der Waals surface area contributed by atoms with E-state index in [1.807, 2.05) is 38.1 Å². The van der Waals surface area contributed by atoms with Crippen LogP contribution in [-0.4, -0.2) is 43.8 Å². The fraction of sp³-hybridized carbons (Fsp3) is 0.280. The van der Waals surface area contributed by atoms with Gasteiger partial charge >= 0.3 is 0 Å². The SMILES string of the molecule is CC(C)OCCCNc1nc2ccccn2c(=O)c1/C=C1\SC(=S)N(Cc2ccccc2Cl)C1=O. The number of amides is 1. The number of hydrogen-bond acceptors (Lipinski definition) is 7. The number of nitrogens with one attached hydrogen (secondary N) is 1. The first-order valence-electron chi connectivity index (χ1n) is 11.2. The highest BCUT2D eigenvalue weighted by atomic mass is 35.5. The lowest BCUT2D eigenvalue weighted by molar-refractivity contribution is -0.122. The second-order valence-electron chi connectivity index (χ2n) is 8.17. The molecule has 10 heteroatoms. The van der Waals surface area contributed by atoms with Crippen LogP contribution in [0.2, 0.25) is 5.02 Å². The minimum Gasteiger partial charge on any atom is -0.379 e. The van der Waals surface area contributed by atoms with Gasteiger partial charge in [-0.1, -0.05) is 59.8 Å². The van der Waals surface area contributed by atoms with Crippen molar-refractivity contribution in [3.05, 3.63) is 80.1 Å². The Kier molecular flexibility index (Phi) is 8.22. The first-order chi connectivity index (χ1) is 16.8. The summed E-state index contributed by atoms with van der Waals surface area (Å²) in [5.74, 6) is 0.149. The Hall–Kier alpha value is -2.72. The molecule has 1 amide bonds. The van der Waals surface area contributed by atoms with Crippen molar-refractivity contribution in [2.75, 3.05) is 18.5 Å². The zero-order chi connectivity index (χ0) is 24.9. The third kappa shape index (κ3) is 5.92. The van der Waals surface area contributed by atoms with Crippen LogP contribution >= 0.6 is 35.6 Å². The number of halogens is 1. The Morgan fingerprint density at radius 1 is 1.20 bits per heavy atom. The molecule has 0 radical (unpaired) electrons. The zero-order valence-corrected chi connectivity index (χ0v) is 21.8. The first kappa shape index (κ1) is 25.4. The molecule has 4 rings (SSSR count). The van der Waals surface area contributed by atoms with Gasteiger partial charge in [0.1, 0.15) is 15.8 Å². The van der Waals surface area contributed by atoms with E-state index < -0.39 is 0 Å². The minimum absolute atomic E-state index is 0.154. The Morgan fingerprint density at radius 2 is 1.97 bits per heavy atom. The maximum absolute atomic E-state index is 13.3. The molecule has 1 aliphatic rings. The summed E-state index contributed by atoms with van der Waals surface area (Å²) >= 11 is 12.9. The van der Waals surface area contributed by atoms with Crippen LogP contribution in [0.15, 0.2) is 58.4 Å². The van der Waals surface area contributed by atoms with Crippen molar-refractivity contribution < 1.29 is 9.53 Å². The van der Waals surface area contributed by atoms with Crippen LogP contribution in [0.25, 0.3) is 11.7 Å². The van der Waals surface area contributed by atoms with E-state index in [2.05, 4.69) is 10.3 Å². The number of benzene rings is 1. The van der Waals surface area contributed by atoms with Gasteiger partial charge in [-0.2, -0.15) is 0 Å². The van der Waals surface area contributed by atoms with Crippen LogP contribution < -0.4 is 10.9 Å². The zero-order valence-electron chi connectivity index (χ0n) is 19.4. The number of thioether (sulfide) groups is 1. The molecule has 2 aromatic heterocycles. The monoisotopic (exact) mass is 528 g/mol. The molecule has 0 spiro atoms. The number of anilines is 1. The second-order valence-corrected chi connectivity index (χ2v) is 10.3. The van der Waals surface area contributed by atoms with Crippen molar-refractivity contribution in [2.24, 2.45) is 0 Å². The summed E-state index contributed by atoms with van der Waals surface area (Å²) in [7, 11) is 0. The third-order valence-electron chi connectivity index (χ3n) is 5.27. The highest BCUT2D eigenvalue weighted by Crippen LogP contribution is 2.34. The minimum atomic E-state index is -0.270. The molecular formula is C25H25ClN4O3S2. The molecule has 35 heavy (non-hydrogen) atoms. The van der Waals surface area contributed by atoms with Gasteiger partial charge in [0.15, 0.2) is 0 Å². The largest absolute Gasteiger partial charge is 0.379 e. The van der Waals surface area contributed by atoms with E-state index in [9.17, 15) is 9.59 Å².